The molecule has 0 atom stereocenters. The van der Waals surface area contributed by atoms with Gasteiger partial charge in [-0.05, 0) is 24.1 Å². The Morgan fingerprint density at radius 1 is 1.29 bits per heavy atom. The van der Waals surface area contributed by atoms with Crippen molar-refractivity contribution in [2.24, 2.45) is 0 Å². The van der Waals surface area contributed by atoms with Crippen LogP contribution in [0.15, 0.2) is 18.2 Å². The molecule has 0 heterocycles. The van der Waals surface area contributed by atoms with Gasteiger partial charge in [-0.15, -0.1) is 0 Å². The summed E-state index contributed by atoms with van der Waals surface area (Å²) in [4.78, 5) is 0. The Morgan fingerprint density at radius 3 is 2.76 bits per heavy atom. The zero-order chi connectivity index (χ0) is 12.5. The Bertz CT molecular complexity index is 331. The van der Waals surface area contributed by atoms with E-state index in [2.05, 4.69) is 5.32 Å². The van der Waals surface area contributed by atoms with Crippen LogP contribution in [0.3, 0.4) is 0 Å². The average molecular weight is 241 g/mol. The molecule has 3 nitrogen and oxygen atoms in total. The lowest BCUT2D eigenvalue weighted by atomic mass is 10.2. The van der Waals surface area contributed by atoms with Crippen LogP contribution in [0.2, 0.25) is 0 Å². The minimum atomic E-state index is -0.301. The molecule has 0 aliphatic rings. The topological polar surface area (TPSA) is 30.5 Å². The molecule has 0 saturated carbocycles. The number of ether oxygens (including phenoxy) is 2. The second kappa shape index (κ2) is 8.03. The summed E-state index contributed by atoms with van der Waals surface area (Å²) in [5.41, 5.74) is 0.905. The van der Waals surface area contributed by atoms with Crippen LogP contribution in [0, 0.1) is 5.82 Å². The Hall–Kier alpha value is -1.13. The molecule has 1 rings (SSSR count). The van der Waals surface area contributed by atoms with Crippen molar-refractivity contribution in [3.05, 3.63) is 29.6 Å². The number of halogens is 1. The summed E-state index contributed by atoms with van der Waals surface area (Å²) in [6, 6.07) is 5.05. The Labute approximate surface area is 102 Å². The maximum Gasteiger partial charge on any atom is 0.165 e. The van der Waals surface area contributed by atoms with Crippen molar-refractivity contribution >= 4 is 0 Å². The highest BCUT2D eigenvalue weighted by Gasteiger charge is 2.04. The van der Waals surface area contributed by atoms with Crippen LogP contribution < -0.4 is 10.1 Å². The molecular weight excluding hydrogens is 221 g/mol. The van der Waals surface area contributed by atoms with E-state index >= 15 is 0 Å². The molecule has 0 spiro atoms. The molecule has 1 aromatic carbocycles. The zero-order valence-corrected chi connectivity index (χ0v) is 10.5. The quantitative estimate of drug-likeness (QED) is 0.709. The fourth-order valence-electron chi connectivity index (χ4n) is 1.39. The van der Waals surface area contributed by atoms with Gasteiger partial charge in [-0.2, -0.15) is 0 Å². The second-order valence-electron chi connectivity index (χ2n) is 3.78. The summed E-state index contributed by atoms with van der Waals surface area (Å²) in [6.07, 6.45) is 0.875. The molecule has 96 valence electrons. The van der Waals surface area contributed by atoms with Gasteiger partial charge in [0.15, 0.2) is 11.6 Å². The van der Waals surface area contributed by atoms with Gasteiger partial charge in [-0.1, -0.05) is 13.0 Å². The average Bonchev–Trinajstić information content (AvgIpc) is 2.34. The fraction of sp³-hybridized carbons (Fsp3) is 0.538. The van der Waals surface area contributed by atoms with Crippen molar-refractivity contribution < 1.29 is 13.9 Å². The van der Waals surface area contributed by atoms with Crippen LogP contribution in [-0.2, 0) is 11.3 Å². The second-order valence-corrected chi connectivity index (χ2v) is 3.78. The lowest BCUT2D eigenvalue weighted by Gasteiger charge is -2.08. The molecule has 0 aromatic heterocycles. The third kappa shape index (κ3) is 5.15. The third-order valence-electron chi connectivity index (χ3n) is 2.27. The van der Waals surface area contributed by atoms with Crippen molar-refractivity contribution in [1.29, 1.82) is 0 Å². The molecule has 1 aromatic rings. The normalized spacial score (nSPS) is 10.5. The van der Waals surface area contributed by atoms with Crippen molar-refractivity contribution in [2.45, 2.75) is 19.9 Å². The smallest absolute Gasteiger partial charge is 0.165 e. The summed E-state index contributed by atoms with van der Waals surface area (Å²) in [5.74, 6) is 0.0250. The number of hydrogen-bond acceptors (Lipinski definition) is 3. The lowest BCUT2D eigenvalue weighted by Crippen LogP contribution is -2.18. The largest absolute Gasteiger partial charge is 0.491 e. The summed E-state index contributed by atoms with van der Waals surface area (Å²) < 4.78 is 23.8. The predicted octanol–water partition coefficient (Wildman–Crippen LogP) is 2.35. The first kappa shape index (κ1) is 13.9. The first-order chi connectivity index (χ1) is 8.27. The van der Waals surface area contributed by atoms with Crippen LogP contribution in [0.4, 0.5) is 4.39 Å². The molecule has 0 radical (unpaired) electrons. The summed E-state index contributed by atoms with van der Waals surface area (Å²) >= 11 is 0. The number of rotatable bonds is 8. The maximum absolute atomic E-state index is 13.6. The standard InChI is InChI=1S/C13H20FNO2/c1-3-7-17-13-5-4-11(9-12(13)14)10-15-6-8-16-2/h4-5,9,15H,3,6-8,10H2,1-2H3. The molecular formula is C13H20FNO2. The Morgan fingerprint density at radius 2 is 2.12 bits per heavy atom. The monoisotopic (exact) mass is 241 g/mol. The van der Waals surface area contributed by atoms with Crippen LogP contribution in [0.5, 0.6) is 5.75 Å². The molecule has 0 fully saturated rings. The van der Waals surface area contributed by atoms with Crippen LogP contribution in [0.25, 0.3) is 0 Å². The number of nitrogens with one attached hydrogen (secondary N) is 1. The number of methoxy groups -OCH3 is 1. The van der Waals surface area contributed by atoms with Gasteiger partial charge in [0, 0.05) is 20.2 Å². The minimum absolute atomic E-state index is 0.301. The predicted molar refractivity (Wildman–Crippen MR) is 65.8 cm³/mol. The van der Waals surface area contributed by atoms with E-state index in [0.717, 1.165) is 18.5 Å². The number of hydrogen-bond donors (Lipinski definition) is 1. The molecule has 0 bridgehead atoms. The van der Waals surface area contributed by atoms with Gasteiger partial charge >= 0.3 is 0 Å². The van der Waals surface area contributed by atoms with Gasteiger partial charge < -0.3 is 14.8 Å². The first-order valence-corrected chi connectivity index (χ1v) is 5.88. The zero-order valence-electron chi connectivity index (χ0n) is 10.5. The summed E-state index contributed by atoms with van der Waals surface area (Å²) in [7, 11) is 1.65. The molecule has 17 heavy (non-hydrogen) atoms. The van der Waals surface area contributed by atoms with E-state index in [1.807, 2.05) is 13.0 Å². The molecule has 0 unspecified atom stereocenters. The van der Waals surface area contributed by atoms with E-state index in [4.69, 9.17) is 9.47 Å². The van der Waals surface area contributed by atoms with Gasteiger partial charge in [0.1, 0.15) is 0 Å². The highest BCUT2D eigenvalue weighted by Crippen LogP contribution is 2.18. The van der Waals surface area contributed by atoms with Crippen molar-refractivity contribution in [3.63, 3.8) is 0 Å². The van der Waals surface area contributed by atoms with Gasteiger partial charge in [0.05, 0.1) is 13.2 Å². The first-order valence-electron chi connectivity index (χ1n) is 5.88. The highest BCUT2D eigenvalue weighted by atomic mass is 19.1. The summed E-state index contributed by atoms with van der Waals surface area (Å²) in [5, 5.41) is 3.16. The van der Waals surface area contributed by atoms with Gasteiger partial charge in [-0.25, -0.2) is 4.39 Å². The van der Waals surface area contributed by atoms with Gasteiger partial charge in [-0.3, -0.25) is 0 Å². The Kier molecular flexibility index (Phi) is 6.58. The van der Waals surface area contributed by atoms with Crippen molar-refractivity contribution in [1.82, 2.24) is 5.32 Å². The van der Waals surface area contributed by atoms with Crippen molar-refractivity contribution in [2.75, 3.05) is 26.9 Å². The molecule has 0 amide bonds. The Balaban J connectivity index is 2.44. The van der Waals surface area contributed by atoms with E-state index in [-0.39, 0.29) is 5.82 Å². The molecule has 4 heteroatoms. The van der Waals surface area contributed by atoms with Crippen LogP contribution in [0.1, 0.15) is 18.9 Å². The van der Waals surface area contributed by atoms with Crippen LogP contribution in [-0.4, -0.2) is 26.9 Å². The van der Waals surface area contributed by atoms with Crippen molar-refractivity contribution in [3.8, 4) is 5.75 Å². The van der Waals surface area contributed by atoms with E-state index < -0.39 is 0 Å². The van der Waals surface area contributed by atoms with Gasteiger partial charge in [0.2, 0.25) is 0 Å². The van der Waals surface area contributed by atoms with Gasteiger partial charge in [0.25, 0.3) is 0 Å². The SMILES string of the molecule is CCCOc1ccc(CNCCOC)cc1F. The molecule has 0 aliphatic carbocycles. The fourth-order valence-corrected chi connectivity index (χ4v) is 1.39. The van der Waals surface area contributed by atoms with E-state index in [0.29, 0.717) is 25.5 Å². The highest BCUT2D eigenvalue weighted by molar-refractivity contribution is 5.29. The summed E-state index contributed by atoms with van der Waals surface area (Å²) in [6.45, 7) is 4.58. The third-order valence-corrected chi connectivity index (χ3v) is 2.27. The minimum Gasteiger partial charge on any atom is -0.491 e. The molecule has 1 N–H and O–H groups in total. The van der Waals surface area contributed by atoms with E-state index in [1.165, 1.54) is 6.07 Å². The lowest BCUT2D eigenvalue weighted by molar-refractivity contribution is 0.199. The molecule has 0 saturated heterocycles. The number of benzene rings is 1. The van der Waals surface area contributed by atoms with E-state index in [1.54, 1.807) is 13.2 Å². The molecule has 0 aliphatic heterocycles. The van der Waals surface area contributed by atoms with E-state index in [9.17, 15) is 4.39 Å². The van der Waals surface area contributed by atoms with Crippen LogP contribution >= 0.6 is 0 Å². The maximum atomic E-state index is 13.6.